The smallest absolute Gasteiger partial charge is 0.190 e. The van der Waals surface area contributed by atoms with Gasteiger partial charge in [-0.2, -0.15) is 5.10 Å². The van der Waals surface area contributed by atoms with Crippen molar-refractivity contribution in [3.05, 3.63) is 6.20 Å². The van der Waals surface area contributed by atoms with E-state index in [0.717, 1.165) is 10.4 Å². The highest BCUT2D eigenvalue weighted by Gasteiger charge is 2.12. The van der Waals surface area contributed by atoms with E-state index in [9.17, 15) is 5.11 Å². The van der Waals surface area contributed by atoms with Crippen LogP contribution in [0.15, 0.2) is 16.4 Å². The summed E-state index contributed by atoms with van der Waals surface area (Å²) < 4.78 is 6.91. The molecule has 0 aromatic carbocycles. The van der Waals surface area contributed by atoms with Crippen LogP contribution in [0, 0.1) is 0 Å². The lowest BCUT2D eigenvalue weighted by atomic mass is 10.4. The van der Waals surface area contributed by atoms with Gasteiger partial charge in [-0.25, -0.2) is 14.6 Å². The van der Waals surface area contributed by atoms with Gasteiger partial charge in [-0.1, -0.05) is 11.8 Å². The number of fused-ring (bicyclic) bond motifs is 1. The van der Waals surface area contributed by atoms with Crippen LogP contribution in [0.25, 0.3) is 11.0 Å². The maximum Gasteiger partial charge on any atom is 0.190 e. The van der Waals surface area contributed by atoms with Crippen molar-refractivity contribution in [3.8, 4) is 0 Å². The SMILES string of the molecule is CSc1nc(SC)c2cnn(COCC(O)CO)c2n1. The van der Waals surface area contributed by atoms with E-state index < -0.39 is 6.10 Å². The fourth-order valence-corrected chi connectivity index (χ4v) is 2.54. The molecule has 0 bridgehead atoms. The number of thioether (sulfide) groups is 2. The van der Waals surface area contributed by atoms with Gasteiger partial charge in [-0.05, 0) is 12.5 Å². The molecule has 2 heterocycles. The highest BCUT2D eigenvalue weighted by atomic mass is 32.2. The van der Waals surface area contributed by atoms with Crippen LogP contribution >= 0.6 is 23.5 Å². The van der Waals surface area contributed by atoms with Crippen molar-refractivity contribution in [2.24, 2.45) is 0 Å². The summed E-state index contributed by atoms with van der Waals surface area (Å²) in [7, 11) is 0. The zero-order valence-corrected chi connectivity index (χ0v) is 12.8. The molecule has 0 aliphatic rings. The monoisotopic (exact) mass is 316 g/mol. The predicted octanol–water partition coefficient (Wildman–Crippen LogP) is 0.597. The minimum absolute atomic E-state index is 0.0493. The molecule has 2 N–H and O–H groups in total. The quantitative estimate of drug-likeness (QED) is 0.436. The van der Waals surface area contributed by atoms with Gasteiger partial charge < -0.3 is 14.9 Å². The third-order valence-electron chi connectivity index (χ3n) is 2.55. The molecule has 0 aliphatic heterocycles. The number of aromatic nitrogens is 4. The Bertz CT molecular complexity index is 578. The average Bonchev–Trinajstić information content (AvgIpc) is 2.89. The second-order valence-electron chi connectivity index (χ2n) is 3.94. The van der Waals surface area contributed by atoms with Crippen molar-refractivity contribution in [1.82, 2.24) is 19.7 Å². The Kier molecular flexibility index (Phi) is 5.61. The van der Waals surface area contributed by atoms with Gasteiger partial charge in [-0.15, -0.1) is 11.8 Å². The predicted molar refractivity (Wildman–Crippen MR) is 77.9 cm³/mol. The van der Waals surface area contributed by atoms with Gasteiger partial charge in [0, 0.05) is 0 Å². The average molecular weight is 316 g/mol. The van der Waals surface area contributed by atoms with Gasteiger partial charge in [0.1, 0.15) is 17.9 Å². The van der Waals surface area contributed by atoms with E-state index in [1.807, 2.05) is 12.5 Å². The molecule has 20 heavy (non-hydrogen) atoms. The Balaban J connectivity index is 2.21. The zero-order valence-electron chi connectivity index (χ0n) is 11.2. The third kappa shape index (κ3) is 3.41. The van der Waals surface area contributed by atoms with Crippen molar-refractivity contribution in [3.63, 3.8) is 0 Å². The molecule has 2 rings (SSSR count). The maximum absolute atomic E-state index is 9.23. The van der Waals surface area contributed by atoms with Crippen LogP contribution in [-0.2, 0) is 11.5 Å². The molecule has 0 saturated heterocycles. The molecule has 0 amide bonds. The number of nitrogens with zero attached hydrogens (tertiary/aromatic N) is 4. The number of aliphatic hydroxyl groups excluding tert-OH is 2. The number of ether oxygens (including phenoxy) is 1. The molecule has 9 heteroatoms. The third-order valence-corrected chi connectivity index (χ3v) is 3.80. The number of hydrogen-bond acceptors (Lipinski definition) is 8. The minimum Gasteiger partial charge on any atom is -0.394 e. The molecule has 0 spiro atoms. The normalized spacial score (nSPS) is 13.0. The van der Waals surface area contributed by atoms with E-state index in [2.05, 4.69) is 15.1 Å². The van der Waals surface area contributed by atoms with Gasteiger partial charge >= 0.3 is 0 Å². The Hall–Kier alpha value is -0.870. The summed E-state index contributed by atoms with van der Waals surface area (Å²) in [5.41, 5.74) is 0.701. The molecule has 7 nitrogen and oxygen atoms in total. The highest BCUT2D eigenvalue weighted by molar-refractivity contribution is 7.99. The van der Waals surface area contributed by atoms with Crippen molar-refractivity contribution in [2.45, 2.75) is 23.0 Å². The lowest BCUT2D eigenvalue weighted by Crippen LogP contribution is -2.20. The van der Waals surface area contributed by atoms with E-state index in [4.69, 9.17) is 9.84 Å². The second-order valence-corrected chi connectivity index (χ2v) is 5.51. The molecule has 0 saturated carbocycles. The largest absolute Gasteiger partial charge is 0.394 e. The number of hydrogen-bond donors (Lipinski definition) is 2. The van der Waals surface area contributed by atoms with Crippen LogP contribution in [0.1, 0.15) is 0 Å². The molecule has 0 radical (unpaired) electrons. The first-order valence-corrected chi connectivity index (χ1v) is 8.32. The number of aliphatic hydroxyl groups is 2. The van der Waals surface area contributed by atoms with Gasteiger partial charge in [0.05, 0.1) is 24.8 Å². The summed E-state index contributed by atoms with van der Waals surface area (Å²) in [6, 6.07) is 0. The van der Waals surface area contributed by atoms with E-state index in [1.54, 1.807) is 22.6 Å². The summed E-state index contributed by atoms with van der Waals surface area (Å²) in [5, 5.41) is 24.6. The summed E-state index contributed by atoms with van der Waals surface area (Å²) in [6.07, 6.45) is 4.70. The molecular formula is C11H16N4O3S2. The van der Waals surface area contributed by atoms with Crippen LogP contribution in [-0.4, -0.2) is 61.8 Å². The fraction of sp³-hybridized carbons (Fsp3) is 0.545. The Morgan fingerprint density at radius 3 is 2.80 bits per heavy atom. The van der Waals surface area contributed by atoms with Crippen LogP contribution in [0.3, 0.4) is 0 Å². The molecule has 2 aromatic rings. The first-order valence-electron chi connectivity index (χ1n) is 5.87. The van der Waals surface area contributed by atoms with Crippen molar-refractivity contribution < 1.29 is 14.9 Å². The maximum atomic E-state index is 9.23. The van der Waals surface area contributed by atoms with Gasteiger partial charge in [0.25, 0.3) is 0 Å². The fourth-order valence-electron chi connectivity index (χ4n) is 1.58. The Labute approximate surface area is 124 Å². The first kappa shape index (κ1) is 15.5. The van der Waals surface area contributed by atoms with Crippen LogP contribution in [0.5, 0.6) is 0 Å². The lowest BCUT2D eigenvalue weighted by molar-refractivity contribution is -0.0194. The van der Waals surface area contributed by atoms with E-state index in [1.165, 1.54) is 11.8 Å². The summed E-state index contributed by atoms with van der Waals surface area (Å²) in [6.45, 7) is -0.109. The van der Waals surface area contributed by atoms with E-state index in [0.29, 0.717) is 10.8 Å². The van der Waals surface area contributed by atoms with E-state index >= 15 is 0 Å². The molecule has 1 atom stereocenters. The molecule has 2 aromatic heterocycles. The van der Waals surface area contributed by atoms with Gasteiger partial charge in [0.2, 0.25) is 0 Å². The molecule has 1 unspecified atom stereocenters. The minimum atomic E-state index is -0.880. The van der Waals surface area contributed by atoms with Gasteiger partial charge in [0.15, 0.2) is 10.8 Å². The number of rotatable bonds is 7. The molecule has 0 aliphatic carbocycles. The lowest BCUT2D eigenvalue weighted by Gasteiger charge is -2.09. The first-order chi connectivity index (χ1) is 9.69. The summed E-state index contributed by atoms with van der Waals surface area (Å²) in [5.74, 6) is 0. The topological polar surface area (TPSA) is 93.3 Å². The van der Waals surface area contributed by atoms with E-state index in [-0.39, 0.29) is 19.9 Å². The molecule has 110 valence electrons. The second kappa shape index (κ2) is 7.23. The highest BCUT2D eigenvalue weighted by Crippen LogP contribution is 2.25. The van der Waals surface area contributed by atoms with Gasteiger partial charge in [-0.3, -0.25) is 0 Å². The van der Waals surface area contributed by atoms with Crippen molar-refractivity contribution >= 4 is 34.6 Å². The van der Waals surface area contributed by atoms with Crippen molar-refractivity contribution in [1.29, 1.82) is 0 Å². The molecule has 0 fully saturated rings. The Morgan fingerprint density at radius 1 is 1.35 bits per heavy atom. The summed E-state index contributed by atoms with van der Waals surface area (Å²) in [4.78, 5) is 8.85. The zero-order chi connectivity index (χ0) is 14.5. The van der Waals surface area contributed by atoms with Crippen molar-refractivity contribution in [2.75, 3.05) is 25.7 Å². The summed E-state index contributed by atoms with van der Waals surface area (Å²) >= 11 is 3.01. The van der Waals surface area contributed by atoms with Crippen LogP contribution in [0.2, 0.25) is 0 Å². The van der Waals surface area contributed by atoms with Crippen LogP contribution in [0.4, 0.5) is 0 Å². The Morgan fingerprint density at radius 2 is 2.15 bits per heavy atom. The molecular weight excluding hydrogens is 300 g/mol. The standard InChI is InChI=1S/C11H16N4O3S2/c1-19-10-8-3-12-15(6-18-5-7(17)4-16)9(8)13-11(14-10)20-2/h3,7,16-17H,4-6H2,1-2H3. The van der Waals surface area contributed by atoms with Crippen LogP contribution < -0.4 is 0 Å².